The minimum absolute atomic E-state index is 0.132. The number of rotatable bonds is 1. The average Bonchev–Trinajstić information content (AvgIpc) is 2.23. The summed E-state index contributed by atoms with van der Waals surface area (Å²) < 4.78 is 39.3. The second-order valence-corrected chi connectivity index (χ2v) is 4.02. The summed E-state index contributed by atoms with van der Waals surface area (Å²) in [7, 11) is 0. The van der Waals surface area contributed by atoms with Crippen molar-refractivity contribution < 1.29 is 13.2 Å². The molecule has 5 heteroatoms. The first-order valence-corrected chi connectivity index (χ1v) is 5.21. The first-order chi connectivity index (χ1) is 7.58. The van der Waals surface area contributed by atoms with Crippen LogP contribution in [0.25, 0.3) is 0 Å². The van der Waals surface area contributed by atoms with Crippen molar-refractivity contribution in [3.8, 4) is 0 Å². The fourth-order valence-corrected chi connectivity index (χ4v) is 1.91. The molecule has 88 valence electrons. The maximum Gasteiger partial charge on any atom is 0.161 e. The third-order valence-corrected chi connectivity index (χ3v) is 2.70. The molecule has 16 heavy (non-hydrogen) atoms. The van der Waals surface area contributed by atoms with Gasteiger partial charge in [-0.15, -0.1) is 0 Å². The lowest BCUT2D eigenvalue weighted by Crippen LogP contribution is -2.49. The minimum atomic E-state index is -1.15. The standard InChI is InChI=1S/C11H13F3N2/c1-7-6-16(3-2-15-7)11-5-9(13)8(12)4-10(11)14/h4-5,7,15H,2-3,6H2,1H3. The highest BCUT2D eigenvalue weighted by Gasteiger charge is 2.20. The molecule has 2 rings (SSSR count). The Bertz CT molecular complexity index is 395. The Morgan fingerprint density at radius 2 is 1.88 bits per heavy atom. The molecule has 1 N–H and O–H groups in total. The number of anilines is 1. The molecular formula is C11H13F3N2. The summed E-state index contributed by atoms with van der Waals surface area (Å²) in [4.78, 5) is 1.72. The van der Waals surface area contributed by atoms with Crippen LogP contribution < -0.4 is 10.2 Å². The lowest BCUT2D eigenvalue weighted by Gasteiger charge is -2.33. The monoisotopic (exact) mass is 230 g/mol. The highest BCUT2D eigenvalue weighted by Crippen LogP contribution is 2.23. The average molecular weight is 230 g/mol. The molecule has 0 radical (unpaired) electrons. The van der Waals surface area contributed by atoms with Crippen LogP contribution in [0.3, 0.4) is 0 Å². The Labute approximate surface area is 92.1 Å². The molecule has 0 amide bonds. The third-order valence-electron chi connectivity index (χ3n) is 2.70. The van der Waals surface area contributed by atoms with Gasteiger partial charge in [-0.1, -0.05) is 0 Å². The quantitative estimate of drug-likeness (QED) is 0.741. The molecule has 0 aromatic heterocycles. The van der Waals surface area contributed by atoms with Crippen molar-refractivity contribution in [3.63, 3.8) is 0 Å². The van der Waals surface area contributed by atoms with Crippen molar-refractivity contribution in [1.82, 2.24) is 5.32 Å². The van der Waals surface area contributed by atoms with Gasteiger partial charge in [0, 0.05) is 37.8 Å². The van der Waals surface area contributed by atoms with Crippen molar-refractivity contribution in [2.75, 3.05) is 24.5 Å². The van der Waals surface area contributed by atoms with Crippen LogP contribution in [0.15, 0.2) is 12.1 Å². The third kappa shape index (κ3) is 2.14. The van der Waals surface area contributed by atoms with Gasteiger partial charge >= 0.3 is 0 Å². The van der Waals surface area contributed by atoms with Gasteiger partial charge in [-0.25, -0.2) is 13.2 Å². The fraction of sp³-hybridized carbons (Fsp3) is 0.455. The highest BCUT2D eigenvalue weighted by atomic mass is 19.2. The molecule has 1 saturated heterocycles. The van der Waals surface area contributed by atoms with Crippen LogP contribution >= 0.6 is 0 Å². The van der Waals surface area contributed by atoms with E-state index in [0.29, 0.717) is 25.7 Å². The molecule has 1 unspecified atom stereocenters. The molecule has 0 aliphatic carbocycles. The Kier molecular flexibility index (Phi) is 3.05. The lowest BCUT2D eigenvalue weighted by molar-refractivity contribution is 0.468. The lowest BCUT2D eigenvalue weighted by atomic mass is 10.2. The van der Waals surface area contributed by atoms with Crippen LogP contribution in [-0.2, 0) is 0 Å². The summed E-state index contributed by atoms with van der Waals surface area (Å²) in [5.74, 6) is -2.87. The molecule has 0 saturated carbocycles. The Hall–Kier alpha value is -1.23. The van der Waals surface area contributed by atoms with Crippen LogP contribution in [0.2, 0.25) is 0 Å². The van der Waals surface area contributed by atoms with Gasteiger partial charge in [0.25, 0.3) is 0 Å². The molecule has 0 bridgehead atoms. The Morgan fingerprint density at radius 1 is 1.19 bits per heavy atom. The molecular weight excluding hydrogens is 217 g/mol. The van der Waals surface area contributed by atoms with Crippen molar-refractivity contribution in [2.45, 2.75) is 13.0 Å². The number of hydrogen-bond donors (Lipinski definition) is 1. The molecule has 1 heterocycles. The van der Waals surface area contributed by atoms with Crippen LogP contribution in [0.5, 0.6) is 0 Å². The van der Waals surface area contributed by atoms with Gasteiger partial charge in [0.05, 0.1) is 5.69 Å². The van der Waals surface area contributed by atoms with Gasteiger partial charge in [0.1, 0.15) is 5.82 Å². The van der Waals surface area contributed by atoms with Crippen LogP contribution in [0.1, 0.15) is 6.92 Å². The van der Waals surface area contributed by atoms with Gasteiger partial charge in [-0.05, 0) is 6.92 Å². The summed E-state index contributed by atoms with van der Waals surface area (Å²) in [6, 6.07) is 1.72. The summed E-state index contributed by atoms with van der Waals surface area (Å²) in [6.45, 7) is 3.85. The zero-order valence-corrected chi connectivity index (χ0v) is 8.93. The van der Waals surface area contributed by atoms with E-state index in [0.717, 1.165) is 6.07 Å². The van der Waals surface area contributed by atoms with Crippen molar-refractivity contribution in [2.24, 2.45) is 0 Å². The van der Waals surface area contributed by atoms with E-state index < -0.39 is 17.5 Å². The number of piperazine rings is 1. The molecule has 1 aromatic rings. The largest absolute Gasteiger partial charge is 0.366 e. The van der Waals surface area contributed by atoms with Crippen molar-refractivity contribution >= 4 is 5.69 Å². The van der Waals surface area contributed by atoms with Crippen LogP contribution in [0, 0.1) is 17.5 Å². The van der Waals surface area contributed by atoms with E-state index in [1.54, 1.807) is 4.90 Å². The predicted molar refractivity (Wildman–Crippen MR) is 56.0 cm³/mol. The molecule has 1 atom stereocenters. The molecule has 1 fully saturated rings. The highest BCUT2D eigenvalue weighted by molar-refractivity contribution is 5.49. The van der Waals surface area contributed by atoms with E-state index in [-0.39, 0.29) is 11.7 Å². The van der Waals surface area contributed by atoms with Crippen LogP contribution in [-0.4, -0.2) is 25.7 Å². The van der Waals surface area contributed by atoms with E-state index >= 15 is 0 Å². The number of nitrogens with one attached hydrogen (secondary N) is 1. The Morgan fingerprint density at radius 3 is 2.56 bits per heavy atom. The maximum absolute atomic E-state index is 13.5. The van der Waals surface area contributed by atoms with E-state index in [9.17, 15) is 13.2 Å². The summed E-state index contributed by atoms with van der Waals surface area (Å²) in [5, 5.41) is 3.20. The minimum Gasteiger partial charge on any atom is -0.366 e. The van der Waals surface area contributed by atoms with Gasteiger partial charge in [-0.2, -0.15) is 0 Å². The van der Waals surface area contributed by atoms with Gasteiger partial charge in [0.15, 0.2) is 11.6 Å². The normalized spacial score (nSPS) is 21.2. The first-order valence-electron chi connectivity index (χ1n) is 5.21. The summed E-state index contributed by atoms with van der Waals surface area (Å²) >= 11 is 0. The second kappa shape index (κ2) is 4.33. The van der Waals surface area contributed by atoms with E-state index in [1.807, 2.05) is 6.92 Å². The smallest absolute Gasteiger partial charge is 0.161 e. The predicted octanol–water partition coefficient (Wildman–Crippen LogP) is 1.90. The SMILES string of the molecule is CC1CN(c2cc(F)c(F)cc2F)CCN1. The van der Waals surface area contributed by atoms with Crippen molar-refractivity contribution in [3.05, 3.63) is 29.6 Å². The first kappa shape index (κ1) is 11.3. The van der Waals surface area contributed by atoms with Crippen LogP contribution in [0.4, 0.5) is 18.9 Å². The topological polar surface area (TPSA) is 15.3 Å². The summed E-state index contributed by atoms with van der Waals surface area (Å²) in [6.07, 6.45) is 0. The fourth-order valence-electron chi connectivity index (χ4n) is 1.91. The van der Waals surface area contributed by atoms with E-state index in [2.05, 4.69) is 5.32 Å². The van der Waals surface area contributed by atoms with Gasteiger partial charge < -0.3 is 10.2 Å². The number of nitrogens with zero attached hydrogens (tertiary/aromatic N) is 1. The Balaban J connectivity index is 2.29. The molecule has 0 spiro atoms. The molecule has 1 aliphatic heterocycles. The molecule has 2 nitrogen and oxygen atoms in total. The van der Waals surface area contributed by atoms with E-state index in [4.69, 9.17) is 0 Å². The van der Waals surface area contributed by atoms with Crippen molar-refractivity contribution in [1.29, 1.82) is 0 Å². The van der Waals surface area contributed by atoms with Gasteiger partial charge in [0.2, 0.25) is 0 Å². The second-order valence-electron chi connectivity index (χ2n) is 4.02. The number of halogens is 3. The van der Waals surface area contributed by atoms with Gasteiger partial charge in [-0.3, -0.25) is 0 Å². The molecule has 1 aromatic carbocycles. The zero-order valence-electron chi connectivity index (χ0n) is 8.93. The zero-order chi connectivity index (χ0) is 11.7. The number of benzene rings is 1. The number of hydrogen-bond acceptors (Lipinski definition) is 2. The summed E-state index contributed by atoms with van der Waals surface area (Å²) in [5.41, 5.74) is 0.132. The maximum atomic E-state index is 13.5. The van der Waals surface area contributed by atoms with E-state index in [1.165, 1.54) is 0 Å². The molecule has 1 aliphatic rings.